The molecule has 1 aliphatic carbocycles. The number of carbonyl (C=O) groups is 3. The Morgan fingerprint density at radius 1 is 1.14 bits per heavy atom. The Bertz CT molecular complexity index is 571. The van der Waals surface area contributed by atoms with Crippen molar-refractivity contribution >= 4 is 23.5 Å². The van der Waals surface area contributed by atoms with Crippen LogP contribution in [0, 0.1) is 11.8 Å². The molecule has 2 unspecified atom stereocenters. The molecule has 21 heavy (non-hydrogen) atoms. The van der Waals surface area contributed by atoms with E-state index in [0.29, 0.717) is 30.5 Å². The summed E-state index contributed by atoms with van der Waals surface area (Å²) in [5, 5.41) is 14.2. The number of hydrogen-bond donors (Lipinski definition) is 3. The van der Waals surface area contributed by atoms with Crippen molar-refractivity contribution in [2.75, 3.05) is 12.4 Å². The van der Waals surface area contributed by atoms with E-state index >= 15 is 0 Å². The highest BCUT2D eigenvalue weighted by Crippen LogP contribution is 2.32. The third-order valence-electron chi connectivity index (χ3n) is 3.81. The molecule has 0 heterocycles. The smallest absolute Gasteiger partial charge is 0.306 e. The maximum Gasteiger partial charge on any atom is 0.306 e. The maximum atomic E-state index is 12.2. The number of carbonyl (C=O) groups excluding carboxylic acids is 2. The summed E-state index contributed by atoms with van der Waals surface area (Å²) in [5.41, 5.74) is 0.835. The average Bonchev–Trinajstić information content (AvgIpc) is 2.97. The highest BCUT2D eigenvalue weighted by atomic mass is 16.4. The van der Waals surface area contributed by atoms with Crippen molar-refractivity contribution in [2.24, 2.45) is 11.8 Å². The first-order valence-corrected chi connectivity index (χ1v) is 6.87. The van der Waals surface area contributed by atoms with Crippen LogP contribution in [-0.2, 0) is 9.59 Å². The highest BCUT2D eigenvalue weighted by Gasteiger charge is 2.34. The number of benzene rings is 1. The number of amides is 2. The van der Waals surface area contributed by atoms with Crippen molar-refractivity contribution in [1.82, 2.24) is 5.32 Å². The summed E-state index contributed by atoms with van der Waals surface area (Å²) in [7, 11) is 1.52. The van der Waals surface area contributed by atoms with Gasteiger partial charge in [0.05, 0.1) is 17.2 Å². The molecule has 0 radical (unpaired) electrons. The lowest BCUT2D eigenvalue weighted by atomic mass is 10.0. The summed E-state index contributed by atoms with van der Waals surface area (Å²) in [4.78, 5) is 34.9. The summed E-state index contributed by atoms with van der Waals surface area (Å²) < 4.78 is 0. The van der Waals surface area contributed by atoms with Gasteiger partial charge in [0.1, 0.15) is 0 Å². The van der Waals surface area contributed by atoms with Gasteiger partial charge in [-0.2, -0.15) is 0 Å². The van der Waals surface area contributed by atoms with E-state index in [2.05, 4.69) is 10.6 Å². The minimum absolute atomic E-state index is 0.227. The summed E-state index contributed by atoms with van der Waals surface area (Å²) in [6, 6.07) is 6.74. The molecule has 0 bridgehead atoms. The first-order valence-electron chi connectivity index (χ1n) is 6.87. The molecule has 1 aliphatic rings. The second kappa shape index (κ2) is 6.39. The van der Waals surface area contributed by atoms with Gasteiger partial charge in [-0.05, 0) is 31.4 Å². The summed E-state index contributed by atoms with van der Waals surface area (Å²) in [6.07, 6.45) is 1.43. The standard InChI is InChI=1S/C15H18N2O4/c1-16-14(19)11-4-2-3-5-12(11)17-13(18)9-6-7-10(8-9)15(20)21/h2-5,9-10H,6-8H2,1H3,(H,16,19)(H,17,18)(H,20,21). The van der Waals surface area contributed by atoms with Gasteiger partial charge in [-0.3, -0.25) is 14.4 Å². The Hall–Kier alpha value is -2.37. The zero-order valence-corrected chi connectivity index (χ0v) is 11.8. The van der Waals surface area contributed by atoms with Gasteiger partial charge >= 0.3 is 5.97 Å². The predicted molar refractivity (Wildman–Crippen MR) is 76.9 cm³/mol. The van der Waals surface area contributed by atoms with Crippen molar-refractivity contribution in [3.63, 3.8) is 0 Å². The van der Waals surface area contributed by atoms with Crippen LogP contribution in [0.2, 0.25) is 0 Å². The van der Waals surface area contributed by atoms with E-state index in [-0.39, 0.29) is 17.7 Å². The first kappa shape index (κ1) is 15.0. The zero-order chi connectivity index (χ0) is 15.4. The number of nitrogens with one attached hydrogen (secondary N) is 2. The quantitative estimate of drug-likeness (QED) is 0.782. The molecule has 112 valence electrons. The van der Waals surface area contributed by atoms with Crippen LogP contribution in [0.3, 0.4) is 0 Å². The van der Waals surface area contributed by atoms with E-state index in [4.69, 9.17) is 5.11 Å². The van der Waals surface area contributed by atoms with E-state index in [1.54, 1.807) is 24.3 Å². The van der Waals surface area contributed by atoms with Crippen LogP contribution in [0.15, 0.2) is 24.3 Å². The Balaban J connectivity index is 2.07. The van der Waals surface area contributed by atoms with E-state index in [1.165, 1.54) is 7.05 Å². The highest BCUT2D eigenvalue weighted by molar-refractivity contribution is 6.04. The van der Waals surface area contributed by atoms with E-state index in [9.17, 15) is 14.4 Å². The lowest BCUT2D eigenvalue weighted by Gasteiger charge is -2.13. The monoisotopic (exact) mass is 290 g/mol. The van der Waals surface area contributed by atoms with Crippen LogP contribution in [-0.4, -0.2) is 29.9 Å². The Morgan fingerprint density at radius 3 is 2.43 bits per heavy atom. The molecule has 1 aromatic rings. The summed E-state index contributed by atoms with van der Waals surface area (Å²) in [6.45, 7) is 0. The fourth-order valence-electron chi connectivity index (χ4n) is 2.60. The molecule has 2 amide bonds. The number of para-hydroxylation sites is 1. The van der Waals surface area contributed by atoms with Gasteiger partial charge in [0.25, 0.3) is 5.91 Å². The number of hydrogen-bond acceptors (Lipinski definition) is 3. The Labute approximate surface area is 122 Å². The maximum absolute atomic E-state index is 12.2. The fourth-order valence-corrected chi connectivity index (χ4v) is 2.60. The number of rotatable bonds is 4. The number of anilines is 1. The van der Waals surface area contributed by atoms with Crippen LogP contribution in [0.25, 0.3) is 0 Å². The SMILES string of the molecule is CNC(=O)c1ccccc1NC(=O)C1CCC(C(=O)O)C1. The second-order valence-corrected chi connectivity index (χ2v) is 5.16. The van der Waals surface area contributed by atoms with Gasteiger partial charge in [0, 0.05) is 13.0 Å². The fraction of sp³-hybridized carbons (Fsp3) is 0.400. The van der Waals surface area contributed by atoms with Crippen LogP contribution >= 0.6 is 0 Å². The molecule has 1 saturated carbocycles. The van der Waals surface area contributed by atoms with Gasteiger partial charge in [-0.25, -0.2) is 0 Å². The molecule has 6 nitrogen and oxygen atoms in total. The lowest BCUT2D eigenvalue weighted by molar-refractivity contribution is -0.141. The normalized spacial score (nSPS) is 20.8. The van der Waals surface area contributed by atoms with Crippen LogP contribution in [0.1, 0.15) is 29.6 Å². The van der Waals surface area contributed by atoms with Gasteiger partial charge < -0.3 is 15.7 Å². The topological polar surface area (TPSA) is 95.5 Å². The molecule has 2 atom stereocenters. The molecule has 1 fully saturated rings. The number of carboxylic acid groups (broad SMARTS) is 1. The molecule has 1 aromatic carbocycles. The largest absolute Gasteiger partial charge is 0.481 e. The molecule has 6 heteroatoms. The number of carboxylic acids is 1. The molecular formula is C15H18N2O4. The van der Waals surface area contributed by atoms with E-state index < -0.39 is 11.9 Å². The lowest BCUT2D eigenvalue weighted by Crippen LogP contribution is -2.25. The van der Waals surface area contributed by atoms with Crippen LogP contribution in [0.4, 0.5) is 5.69 Å². The minimum atomic E-state index is -0.851. The van der Waals surface area contributed by atoms with Crippen molar-refractivity contribution in [1.29, 1.82) is 0 Å². The predicted octanol–water partition coefficient (Wildman–Crippen LogP) is 1.49. The van der Waals surface area contributed by atoms with Crippen molar-refractivity contribution in [3.05, 3.63) is 29.8 Å². The first-order chi connectivity index (χ1) is 10.0. The Morgan fingerprint density at radius 2 is 1.81 bits per heavy atom. The third-order valence-corrected chi connectivity index (χ3v) is 3.81. The van der Waals surface area contributed by atoms with Crippen molar-refractivity contribution in [2.45, 2.75) is 19.3 Å². The third kappa shape index (κ3) is 3.39. The van der Waals surface area contributed by atoms with E-state index in [1.807, 2.05) is 0 Å². The van der Waals surface area contributed by atoms with Crippen LogP contribution < -0.4 is 10.6 Å². The Kier molecular flexibility index (Phi) is 4.57. The van der Waals surface area contributed by atoms with Gasteiger partial charge in [-0.1, -0.05) is 12.1 Å². The summed E-state index contributed by atoms with van der Waals surface area (Å²) >= 11 is 0. The van der Waals surface area contributed by atoms with E-state index in [0.717, 1.165) is 0 Å². The molecule has 0 aliphatic heterocycles. The molecule has 2 rings (SSSR count). The zero-order valence-electron chi connectivity index (χ0n) is 11.8. The minimum Gasteiger partial charge on any atom is -0.481 e. The molecule has 0 spiro atoms. The van der Waals surface area contributed by atoms with Gasteiger partial charge in [0.2, 0.25) is 5.91 Å². The van der Waals surface area contributed by atoms with Crippen molar-refractivity contribution < 1.29 is 19.5 Å². The van der Waals surface area contributed by atoms with Crippen molar-refractivity contribution in [3.8, 4) is 0 Å². The molecule has 0 saturated heterocycles. The number of aliphatic carboxylic acids is 1. The van der Waals surface area contributed by atoms with Crippen LogP contribution in [0.5, 0.6) is 0 Å². The molecule has 3 N–H and O–H groups in total. The molecular weight excluding hydrogens is 272 g/mol. The molecule has 0 aromatic heterocycles. The second-order valence-electron chi connectivity index (χ2n) is 5.16. The van der Waals surface area contributed by atoms with Gasteiger partial charge in [-0.15, -0.1) is 0 Å². The average molecular weight is 290 g/mol. The van der Waals surface area contributed by atoms with Gasteiger partial charge in [0.15, 0.2) is 0 Å². The summed E-state index contributed by atoms with van der Waals surface area (Å²) in [5.74, 6) is -2.12.